The quantitative estimate of drug-likeness (QED) is 0.256. The van der Waals surface area contributed by atoms with E-state index in [1.165, 1.54) is 24.0 Å². The van der Waals surface area contributed by atoms with Crippen molar-refractivity contribution < 1.29 is 9.18 Å². The van der Waals surface area contributed by atoms with Crippen LogP contribution in [0.4, 0.5) is 4.39 Å². The molecule has 1 amide bonds. The Kier molecular flexibility index (Phi) is 6.72. The van der Waals surface area contributed by atoms with Gasteiger partial charge in [0.25, 0.3) is 5.91 Å². The number of hydrogen-bond acceptors (Lipinski definition) is 5. The Balaban J connectivity index is 1.50. The summed E-state index contributed by atoms with van der Waals surface area (Å²) in [6.45, 7) is 2.03. The van der Waals surface area contributed by atoms with E-state index in [1.54, 1.807) is 18.2 Å². The standard InChI is InChI=1S/C24H20FN5OS/c1-17-11-13-18(14-12-17)23-28-29-24(30(23)20-8-3-2-4-9-20)32-16-22(31)27-26-15-19-7-5-6-10-21(19)25/h2-15H,16H2,1H3,(H,27,31). The summed E-state index contributed by atoms with van der Waals surface area (Å²) in [5.74, 6) is 0.0336. The van der Waals surface area contributed by atoms with Gasteiger partial charge in [-0.25, -0.2) is 9.82 Å². The Labute approximate surface area is 189 Å². The van der Waals surface area contributed by atoms with Crippen LogP contribution in [0, 0.1) is 12.7 Å². The molecule has 0 spiro atoms. The minimum Gasteiger partial charge on any atom is -0.272 e. The number of halogens is 1. The number of benzene rings is 3. The van der Waals surface area contributed by atoms with Crippen molar-refractivity contribution in [3.05, 3.63) is 95.8 Å². The SMILES string of the molecule is Cc1ccc(-c2nnc(SCC(=O)NN=Cc3ccccc3F)n2-c2ccccc2)cc1. The molecule has 0 atom stereocenters. The first-order valence-electron chi connectivity index (χ1n) is 9.89. The number of nitrogens with one attached hydrogen (secondary N) is 1. The van der Waals surface area contributed by atoms with Crippen molar-refractivity contribution in [2.75, 3.05) is 5.75 Å². The maximum Gasteiger partial charge on any atom is 0.250 e. The van der Waals surface area contributed by atoms with Gasteiger partial charge in [-0.2, -0.15) is 5.10 Å². The van der Waals surface area contributed by atoms with Crippen LogP contribution in [0.2, 0.25) is 0 Å². The van der Waals surface area contributed by atoms with Gasteiger partial charge < -0.3 is 0 Å². The number of hydrogen-bond donors (Lipinski definition) is 1. The highest BCUT2D eigenvalue weighted by molar-refractivity contribution is 7.99. The number of para-hydroxylation sites is 1. The molecule has 0 aliphatic carbocycles. The van der Waals surface area contributed by atoms with Crippen LogP contribution in [0.5, 0.6) is 0 Å². The Hall–Kier alpha value is -3.78. The molecule has 0 saturated carbocycles. The van der Waals surface area contributed by atoms with E-state index in [-0.39, 0.29) is 11.7 Å². The number of amides is 1. The molecule has 1 aromatic heterocycles. The van der Waals surface area contributed by atoms with E-state index in [4.69, 9.17) is 0 Å². The first kappa shape index (κ1) is 21.5. The molecule has 0 fully saturated rings. The Morgan fingerprint density at radius 2 is 1.75 bits per heavy atom. The Morgan fingerprint density at radius 1 is 1.03 bits per heavy atom. The molecule has 32 heavy (non-hydrogen) atoms. The molecule has 6 nitrogen and oxygen atoms in total. The first-order valence-corrected chi connectivity index (χ1v) is 10.9. The second-order valence-electron chi connectivity index (χ2n) is 6.95. The number of carbonyl (C=O) groups excluding carboxylic acids is 1. The van der Waals surface area contributed by atoms with Crippen molar-refractivity contribution in [1.29, 1.82) is 0 Å². The predicted octanol–water partition coefficient (Wildman–Crippen LogP) is 4.62. The van der Waals surface area contributed by atoms with E-state index in [2.05, 4.69) is 20.7 Å². The first-order chi connectivity index (χ1) is 15.6. The minimum absolute atomic E-state index is 0.0769. The summed E-state index contributed by atoms with van der Waals surface area (Å²) in [7, 11) is 0. The van der Waals surface area contributed by atoms with E-state index in [1.807, 2.05) is 66.1 Å². The smallest absolute Gasteiger partial charge is 0.250 e. The van der Waals surface area contributed by atoms with E-state index in [0.29, 0.717) is 16.5 Å². The lowest BCUT2D eigenvalue weighted by atomic mass is 10.1. The van der Waals surface area contributed by atoms with Crippen molar-refractivity contribution in [1.82, 2.24) is 20.2 Å². The third-order valence-electron chi connectivity index (χ3n) is 4.59. The van der Waals surface area contributed by atoms with Crippen LogP contribution in [-0.2, 0) is 4.79 Å². The van der Waals surface area contributed by atoms with E-state index < -0.39 is 5.82 Å². The van der Waals surface area contributed by atoms with Crippen LogP contribution in [0.3, 0.4) is 0 Å². The van der Waals surface area contributed by atoms with Crippen LogP contribution in [0.15, 0.2) is 89.1 Å². The highest BCUT2D eigenvalue weighted by Crippen LogP contribution is 2.28. The molecular weight excluding hydrogens is 425 g/mol. The number of hydrazone groups is 1. The average Bonchev–Trinajstić information content (AvgIpc) is 3.24. The van der Waals surface area contributed by atoms with Crippen LogP contribution >= 0.6 is 11.8 Å². The summed E-state index contributed by atoms with van der Waals surface area (Å²) in [5, 5.41) is 13.1. The molecule has 8 heteroatoms. The monoisotopic (exact) mass is 445 g/mol. The second-order valence-corrected chi connectivity index (χ2v) is 7.89. The van der Waals surface area contributed by atoms with Crippen molar-refractivity contribution in [3.8, 4) is 17.1 Å². The molecule has 0 radical (unpaired) electrons. The molecule has 0 unspecified atom stereocenters. The molecule has 3 aromatic carbocycles. The average molecular weight is 446 g/mol. The summed E-state index contributed by atoms with van der Waals surface area (Å²) in [6, 6.07) is 24.0. The molecule has 0 aliphatic rings. The normalized spacial score (nSPS) is 11.1. The van der Waals surface area contributed by atoms with Gasteiger partial charge >= 0.3 is 0 Å². The van der Waals surface area contributed by atoms with Crippen LogP contribution in [0.25, 0.3) is 17.1 Å². The maximum atomic E-state index is 13.6. The number of nitrogens with zero attached hydrogens (tertiary/aromatic N) is 4. The van der Waals surface area contributed by atoms with Gasteiger partial charge in [-0.1, -0.05) is 78.0 Å². The summed E-state index contributed by atoms with van der Waals surface area (Å²) in [5.41, 5.74) is 5.70. The molecular formula is C24H20FN5OS. The zero-order chi connectivity index (χ0) is 22.3. The van der Waals surface area contributed by atoms with Crippen molar-refractivity contribution in [3.63, 3.8) is 0 Å². The fourth-order valence-corrected chi connectivity index (χ4v) is 3.72. The third-order valence-corrected chi connectivity index (χ3v) is 5.52. The Morgan fingerprint density at radius 3 is 2.50 bits per heavy atom. The van der Waals surface area contributed by atoms with Gasteiger partial charge in [0.05, 0.1) is 12.0 Å². The summed E-state index contributed by atoms with van der Waals surface area (Å²) in [6.07, 6.45) is 1.28. The number of rotatable bonds is 7. The highest BCUT2D eigenvalue weighted by Gasteiger charge is 2.17. The zero-order valence-corrected chi connectivity index (χ0v) is 18.1. The molecule has 1 heterocycles. The van der Waals surface area contributed by atoms with Crippen LogP contribution in [0.1, 0.15) is 11.1 Å². The van der Waals surface area contributed by atoms with Gasteiger partial charge in [-0.15, -0.1) is 10.2 Å². The van der Waals surface area contributed by atoms with Gasteiger partial charge in [-0.05, 0) is 25.1 Å². The van der Waals surface area contributed by atoms with Crippen LogP contribution < -0.4 is 5.43 Å². The zero-order valence-electron chi connectivity index (χ0n) is 17.3. The highest BCUT2D eigenvalue weighted by atomic mass is 32.2. The van der Waals surface area contributed by atoms with Crippen molar-refractivity contribution in [2.45, 2.75) is 12.1 Å². The molecule has 0 aliphatic heterocycles. The fourth-order valence-electron chi connectivity index (χ4n) is 2.98. The lowest BCUT2D eigenvalue weighted by Gasteiger charge is -2.10. The molecule has 1 N–H and O–H groups in total. The molecule has 0 bridgehead atoms. The number of aromatic nitrogens is 3. The van der Waals surface area contributed by atoms with Crippen LogP contribution in [-0.4, -0.2) is 32.6 Å². The number of carbonyl (C=O) groups is 1. The van der Waals surface area contributed by atoms with Gasteiger partial charge in [0.2, 0.25) is 0 Å². The molecule has 160 valence electrons. The predicted molar refractivity (Wildman–Crippen MR) is 124 cm³/mol. The van der Waals surface area contributed by atoms with Gasteiger partial charge in [0.15, 0.2) is 11.0 Å². The third kappa shape index (κ3) is 5.09. The van der Waals surface area contributed by atoms with Crippen molar-refractivity contribution in [2.24, 2.45) is 5.10 Å². The summed E-state index contributed by atoms with van der Waals surface area (Å²) in [4.78, 5) is 12.3. The number of thioether (sulfide) groups is 1. The Bertz CT molecular complexity index is 1240. The molecule has 0 saturated heterocycles. The molecule has 4 rings (SSSR count). The van der Waals surface area contributed by atoms with Crippen molar-refractivity contribution >= 4 is 23.9 Å². The number of aryl methyl sites for hydroxylation is 1. The maximum absolute atomic E-state index is 13.6. The minimum atomic E-state index is -0.403. The van der Waals surface area contributed by atoms with E-state index in [0.717, 1.165) is 16.8 Å². The van der Waals surface area contributed by atoms with E-state index >= 15 is 0 Å². The fraction of sp³-hybridized carbons (Fsp3) is 0.0833. The lowest BCUT2D eigenvalue weighted by molar-refractivity contribution is -0.118. The second kappa shape index (κ2) is 10.0. The largest absolute Gasteiger partial charge is 0.272 e. The van der Waals surface area contributed by atoms with Gasteiger partial charge in [-0.3, -0.25) is 9.36 Å². The van der Waals surface area contributed by atoms with Gasteiger partial charge in [0.1, 0.15) is 5.82 Å². The molecule has 4 aromatic rings. The lowest BCUT2D eigenvalue weighted by Crippen LogP contribution is -2.20. The summed E-state index contributed by atoms with van der Waals surface area (Å²) >= 11 is 1.25. The van der Waals surface area contributed by atoms with E-state index in [9.17, 15) is 9.18 Å². The van der Waals surface area contributed by atoms with Gasteiger partial charge in [0, 0.05) is 16.8 Å². The topological polar surface area (TPSA) is 72.2 Å². The summed E-state index contributed by atoms with van der Waals surface area (Å²) < 4.78 is 15.5.